The minimum Gasteiger partial charge on any atom is -0.294 e. The third-order valence-electron chi connectivity index (χ3n) is 1.37. The van der Waals surface area contributed by atoms with Crippen molar-refractivity contribution in [2.45, 2.75) is 6.92 Å². The molecule has 1 nitrogen and oxygen atoms in total. The molecule has 0 fully saturated rings. The number of Topliss-reactive ketones (excluding diaryl/α,β-unsaturated/α-hetero) is 1. The summed E-state index contributed by atoms with van der Waals surface area (Å²) in [5.74, 6) is -0.661. The van der Waals surface area contributed by atoms with Crippen LogP contribution in [0.2, 0.25) is 5.02 Å². The van der Waals surface area contributed by atoms with Crippen LogP contribution in [-0.2, 0) is 0 Å². The van der Waals surface area contributed by atoms with Gasteiger partial charge in [0.05, 0.1) is 5.02 Å². The van der Waals surface area contributed by atoms with Crippen LogP contribution in [0, 0.1) is 9.39 Å². The maximum absolute atomic E-state index is 12.7. The molecule has 0 aromatic heterocycles. The number of halogens is 3. The van der Waals surface area contributed by atoms with E-state index in [1.165, 1.54) is 19.1 Å². The molecule has 1 rings (SSSR count). The van der Waals surface area contributed by atoms with Gasteiger partial charge in [-0.2, -0.15) is 0 Å². The first-order valence-corrected chi connectivity index (χ1v) is 4.63. The molecular formula is C8H5ClFIO. The van der Waals surface area contributed by atoms with E-state index >= 15 is 0 Å². The maximum atomic E-state index is 12.7. The van der Waals surface area contributed by atoms with Crippen molar-refractivity contribution in [2.75, 3.05) is 0 Å². The third kappa shape index (κ3) is 1.95. The van der Waals surface area contributed by atoms with Gasteiger partial charge in [-0.3, -0.25) is 4.79 Å². The molecule has 0 aliphatic heterocycles. The van der Waals surface area contributed by atoms with Crippen molar-refractivity contribution in [3.8, 4) is 0 Å². The van der Waals surface area contributed by atoms with Crippen molar-refractivity contribution < 1.29 is 9.18 Å². The Morgan fingerprint density at radius 1 is 1.58 bits per heavy atom. The van der Waals surface area contributed by atoms with Gasteiger partial charge in [0.2, 0.25) is 0 Å². The average Bonchev–Trinajstić information content (AvgIpc) is 1.96. The molecule has 0 saturated heterocycles. The second-order valence-electron chi connectivity index (χ2n) is 2.31. The van der Waals surface area contributed by atoms with Crippen molar-refractivity contribution in [2.24, 2.45) is 0 Å². The Hall–Kier alpha value is -0.160. The Morgan fingerprint density at radius 2 is 2.17 bits per heavy atom. The predicted molar refractivity (Wildman–Crippen MR) is 54.1 cm³/mol. The molecule has 0 bridgehead atoms. The second kappa shape index (κ2) is 3.70. The van der Waals surface area contributed by atoms with E-state index in [2.05, 4.69) is 0 Å². The van der Waals surface area contributed by atoms with Gasteiger partial charge in [0.15, 0.2) is 5.78 Å². The van der Waals surface area contributed by atoms with Crippen LogP contribution in [0.4, 0.5) is 4.39 Å². The van der Waals surface area contributed by atoms with Crippen LogP contribution < -0.4 is 0 Å². The van der Waals surface area contributed by atoms with Gasteiger partial charge in [-0.1, -0.05) is 11.6 Å². The minimum atomic E-state index is -0.481. The van der Waals surface area contributed by atoms with Gasteiger partial charge in [-0.05, 0) is 41.6 Å². The quantitative estimate of drug-likeness (QED) is 0.442. The van der Waals surface area contributed by atoms with Crippen LogP contribution in [0.5, 0.6) is 0 Å². The van der Waals surface area contributed by atoms with Gasteiger partial charge in [-0.15, -0.1) is 0 Å². The van der Waals surface area contributed by atoms with E-state index < -0.39 is 5.82 Å². The molecule has 0 heterocycles. The SMILES string of the molecule is CC(=O)c1cc(F)cc(Cl)c1I. The lowest BCUT2D eigenvalue weighted by atomic mass is 10.1. The van der Waals surface area contributed by atoms with Crippen LogP contribution in [0.15, 0.2) is 12.1 Å². The summed E-state index contributed by atoms with van der Waals surface area (Å²) in [5.41, 5.74) is 0.334. The predicted octanol–water partition coefficient (Wildman–Crippen LogP) is 3.29. The van der Waals surface area contributed by atoms with Crippen LogP contribution in [0.1, 0.15) is 17.3 Å². The van der Waals surface area contributed by atoms with Gasteiger partial charge in [-0.25, -0.2) is 4.39 Å². The normalized spacial score (nSPS) is 10.0. The number of ketones is 1. The summed E-state index contributed by atoms with van der Waals surface area (Å²) < 4.78 is 13.3. The lowest BCUT2D eigenvalue weighted by molar-refractivity contribution is 0.101. The Balaban J connectivity index is 3.37. The van der Waals surface area contributed by atoms with Crippen molar-refractivity contribution in [3.63, 3.8) is 0 Å². The van der Waals surface area contributed by atoms with Gasteiger partial charge < -0.3 is 0 Å². The topological polar surface area (TPSA) is 17.1 Å². The van der Waals surface area contributed by atoms with Crippen molar-refractivity contribution in [3.05, 3.63) is 32.1 Å². The monoisotopic (exact) mass is 298 g/mol. The number of carbonyl (C=O) groups is 1. The molecule has 0 aliphatic rings. The Bertz CT molecular complexity index is 338. The lowest BCUT2D eigenvalue weighted by Gasteiger charge is -2.01. The average molecular weight is 298 g/mol. The summed E-state index contributed by atoms with van der Waals surface area (Å²) in [4.78, 5) is 10.9. The van der Waals surface area contributed by atoms with E-state index in [9.17, 15) is 9.18 Å². The lowest BCUT2D eigenvalue weighted by Crippen LogP contribution is -1.97. The van der Waals surface area contributed by atoms with Gasteiger partial charge in [0.25, 0.3) is 0 Å². The van der Waals surface area contributed by atoms with E-state index in [4.69, 9.17) is 11.6 Å². The molecular weight excluding hydrogens is 293 g/mol. The molecule has 0 N–H and O–H groups in total. The zero-order valence-corrected chi connectivity index (χ0v) is 9.11. The zero-order chi connectivity index (χ0) is 9.30. The van der Waals surface area contributed by atoms with Gasteiger partial charge >= 0.3 is 0 Å². The summed E-state index contributed by atoms with van der Waals surface area (Å²) >= 11 is 7.58. The standard InChI is InChI=1S/C8H5ClFIO/c1-4(12)6-2-5(10)3-7(9)8(6)11/h2-3H,1H3. The van der Waals surface area contributed by atoms with Crippen molar-refractivity contribution in [1.82, 2.24) is 0 Å². The molecule has 0 radical (unpaired) electrons. The highest BCUT2D eigenvalue weighted by Crippen LogP contribution is 2.23. The number of hydrogen-bond donors (Lipinski definition) is 0. The van der Waals surface area contributed by atoms with Crippen molar-refractivity contribution in [1.29, 1.82) is 0 Å². The Kier molecular flexibility index (Phi) is 3.06. The second-order valence-corrected chi connectivity index (χ2v) is 3.79. The molecule has 0 saturated carbocycles. The van der Waals surface area contributed by atoms with E-state index in [1.54, 1.807) is 0 Å². The summed E-state index contributed by atoms with van der Waals surface area (Å²) in [6, 6.07) is 2.38. The number of hydrogen-bond acceptors (Lipinski definition) is 1. The van der Waals surface area contributed by atoms with Crippen LogP contribution in [-0.4, -0.2) is 5.78 Å². The molecule has 0 spiro atoms. The first kappa shape index (κ1) is 9.92. The molecule has 64 valence electrons. The summed E-state index contributed by atoms with van der Waals surface area (Å²) in [7, 11) is 0. The maximum Gasteiger partial charge on any atom is 0.161 e. The van der Waals surface area contributed by atoms with Crippen LogP contribution >= 0.6 is 34.2 Å². The number of rotatable bonds is 1. The van der Waals surface area contributed by atoms with Gasteiger partial charge in [0.1, 0.15) is 5.82 Å². The van der Waals surface area contributed by atoms with Gasteiger partial charge in [0, 0.05) is 9.13 Å². The molecule has 0 unspecified atom stereocenters. The largest absolute Gasteiger partial charge is 0.294 e. The summed E-state index contributed by atoms with van der Waals surface area (Å²) in [5, 5.41) is 0.279. The Morgan fingerprint density at radius 3 is 2.67 bits per heavy atom. The minimum absolute atomic E-state index is 0.180. The highest BCUT2D eigenvalue weighted by Gasteiger charge is 2.10. The molecule has 1 aromatic carbocycles. The summed E-state index contributed by atoms with van der Waals surface area (Å²) in [6.07, 6.45) is 0. The molecule has 1 aromatic rings. The fourth-order valence-corrected chi connectivity index (χ4v) is 1.71. The first-order chi connectivity index (χ1) is 5.52. The molecule has 0 aliphatic carbocycles. The first-order valence-electron chi connectivity index (χ1n) is 3.18. The highest BCUT2D eigenvalue weighted by atomic mass is 127. The molecule has 0 atom stereocenters. The fourth-order valence-electron chi connectivity index (χ4n) is 0.812. The number of benzene rings is 1. The van der Waals surface area contributed by atoms with E-state index in [0.717, 1.165) is 0 Å². The smallest absolute Gasteiger partial charge is 0.161 e. The molecule has 0 amide bonds. The van der Waals surface area contributed by atoms with E-state index in [1.807, 2.05) is 22.6 Å². The number of carbonyl (C=O) groups excluding carboxylic acids is 1. The summed E-state index contributed by atoms with van der Waals surface area (Å²) in [6.45, 7) is 1.38. The van der Waals surface area contributed by atoms with Crippen molar-refractivity contribution >= 4 is 40.0 Å². The van der Waals surface area contributed by atoms with Crippen LogP contribution in [0.3, 0.4) is 0 Å². The van der Waals surface area contributed by atoms with E-state index in [0.29, 0.717) is 9.13 Å². The highest BCUT2D eigenvalue weighted by molar-refractivity contribution is 14.1. The molecule has 12 heavy (non-hydrogen) atoms. The fraction of sp³-hybridized carbons (Fsp3) is 0.125. The van der Waals surface area contributed by atoms with Crippen LogP contribution in [0.25, 0.3) is 0 Å². The van der Waals surface area contributed by atoms with E-state index in [-0.39, 0.29) is 10.8 Å². The Labute approximate surface area is 88.1 Å². The zero-order valence-electron chi connectivity index (χ0n) is 6.20. The molecule has 4 heteroatoms. The third-order valence-corrected chi connectivity index (χ3v) is 3.15.